The number of carboxylic acid groups (broad SMARTS) is 1. The highest BCUT2D eigenvalue weighted by Crippen LogP contribution is 2.45. The van der Waals surface area contributed by atoms with Crippen molar-refractivity contribution in [1.82, 2.24) is 0 Å². The molecule has 5 rings (SSSR count). The first-order chi connectivity index (χ1) is 31.9. The topological polar surface area (TPSA) is 374 Å². The number of ether oxygens (including phenoxy) is 9. The third kappa shape index (κ3) is 11.8. The fourth-order valence-corrected chi connectivity index (χ4v) is 9.16. The molecule has 378 valence electrons. The molecule has 3 fully saturated rings. The van der Waals surface area contributed by atoms with Gasteiger partial charge in [-0.2, -0.15) is 0 Å². The highest BCUT2D eigenvalue weighted by molar-refractivity contribution is 5.91. The van der Waals surface area contributed by atoms with Gasteiger partial charge in [-0.25, -0.2) is 9.59 Å². The number of aliphatic carboxylic acids is 1. The standard InChI is InChI=1S/C43H62O24/c1-5-19-22(25(38(56)57)15-61-40(19)66-42-36(54)34(52)32(50)28(12-46)64-42)8-30(48)60-14-24-17(3)27(7-21(24)18(10-44)11-45)63-31(49)9-23-20(6-2)41(62-16-26(23)39(58)59-4)67-43-37(55)35(53)33(51)29(13-47)65-43/h5-6,15-18,21-24,27-29,32-37,40-47,50-55H,7-14H2,1-4H3,(H,56,57). The van der Waals surface area contributed by atoms with Gasteiger partial charge in [0, 0.05) is 48.0 Å². The van der Waals surface area contributed by atoms with Gasteiger partial charge in [-0.3, -0.25) is 9.59 Å². The summed E-state index contributed by atoms with van der Waals surface area (Å²) < 4.78 is 50.2. The van der Waals surface area contributed by atoms with Gasteiger partial charge in [0.1, 0.15) is 54.9 Å². The van der Waals surface area contributed by atoms with Crippen LogP contribution in [0.5, 0.6) is 0 Å². The molecule has 18 atom stereocenters. The lowest BCUT2D eigenvalue weighted by atomic mass is 9.82. The third-order valence-electron chi connectivity index (χ3n) is 13.1. The van der Waals surface area contributed by atoms with Crippen molar-refractivity contribution in [2.45, 2.75) is 120 Å². The molecule has 0 aromatic carbocycles. The molecule has 4 heterocycles. The van der Waals surface area contributed by atoms with E-state index >= 15 is 0 Å². The predicted octanol–water partition coefficient (Wildman–Crippen LogP) is -3.41. The zero-order valence-corrected chi connectivity index (χ0v) is 37.2. The Kier molecular flexibility index (Phi) is 19.2. The van der Waals surface area contributed by atoms with Crippen LogP contribution in [0.1, 0.15) is 40.0 Å². The quantitative estimate of drug-likeness (QED) is 0.0362. The van der Waals surface area contributed by atoms with Gasteiger partial charge in [-0.05, 0) is 32.1 Å². The third-order valence-corrected chi connectivity index (χ3v) is 13.1. The van der Waals surface area contributed by atoms with E-state index in [9.17, 15) is 75.3 Å². The molecule has 5 aliphatic rings. The fraction of sp³-hybridized carbons (Fsp3) is 0.721. The number of carbonyl (C=O) groups is 4. The average molecular weight is 963 g/mol. The summed E-state index contributed by atoms with van der Waals surface area (Å²) in [6.07, 6.45) is -16.5. The van der Waals surface area contributed by atoms with Gasteiger partial charge < -0.3 is 98.8 Å². The van der Waals surface area contributed by atoms with E-state index in [1.54, 1.807) is 13.8 Å². The maximum atomic E-state index is 13.8. The molecule has 1 saturated carbocycles. The Morgan fingerprint density at radius 1 is 0.716 bits per heavy atom. The van der Waals surface area contributed by atoms with Gasteiger partial charge >= 0.3 is 23.9 Å². The first kappa shape index (κ1) is 53.8. The van der Waals surface area contributed by atoms with Gasteiger partial charge in [0.15, 0.2) is 12.6 Å². The van der Waals surface area contributed by atoms with E-state index in [0.717, 1.165) is 19.6 Å². The number of esters is 3. The van der Waals surface area contributed by atoms with Gasteiger partial charge in [0.05, 0.1) is 63.4 Å². The predicted molar refractivity (Wildman–Crippen MR) is 218 cm³/mol. The fourth-order valence-electron chi connectivity index (χ4n) is 9.16. The molecule has 1 aliphatic carbocycles. The molecule has 24 nitrogen and oxygen atoms in total. The van der Waals surface area contributed by atoms with Crippen molar-refractivity contribution in [1.29, 1.82) is 0 Å². The second-order valence-corrected chi connectivity index (χ2v) is 16.9. The molecule has 18 unspecified atom stereocenters. The molecule has 11 N–H and O–H groups in total. The molecule has 0 aromatic heterocycles. The SMILES string of the molecule is CC=C1C(OC2OC(CO)C(O)C(O)C2O)OC=C(C(=O)O)C1CC(=O)OCC1C(C)C(OC(=O)CC2C(C(=O)OC)=COC(OC3OC(CO)C(O)C(O)C3O)C2=CC)CC1C(CO)CO. The number of aliphatic hydroxyl groups is 10. The van der Waals surface area contributed by atoms with Crippen molar-refractivity contribution >= 4 is 23.9 Å². The van der Waals surface area contributed by atoms with Crippen LogP contribution in [0, 0.1) is 35.5 Å². The van der Waals surface area contributed by atoms with Gasteiger partial charge in [-0.15, -0.1) is 0 Å². The summed E-state index contributed by atoms with van der Waals surface area (Å²) in [6.45, 7) is 2.00. The minimum Gasteiger partial charge on any atom is -0.478 e. The summed E-state index contributed by atoms with van der Waals surface area (Å²) in [5.74, 6) is -8.86. The van der Waals surface area contributed by atoms with Crippen LogP contribution in [0.3, 0.4) is 0 Å². The van der Waals surface area contributed by atoms with E-state index in [-0.39, 0.29) is 35.3 Å². The normalized spacial score (nSPS) is 39.0. The van der Waals surface area contributed by atoms with Crippen LogP contribution in [-0.2, 0) is 61.8 Å². The van der Waals surface area contributed by atoms with Crippen molar-refractivity contribution in [3.8, 4) is 0 Å². The summed E-state index contributed by atoms with van der Waals surface area (Å²) in [7, 11) is 1.11. The number of aliphatic hydroxyl groups excluding tert-OH is 10. The molecule has 24 heteroatoms. The minimum atomic E-state index is -1.82. The van der Waals surface area contributed by atoms with Crippen molar-refractivity contribution in [2.24, 2.45) is 35.5 Å². The first-order valence-electron chi connectivity index (χ1n) is 21.7. The number of hydrogen-bond donors (Lipinski definition) is 11. The number of methoxy groups -OCH3 is 1. The summed E-state index contributed by atoms with van der Waals surface area (Å²) in [4.78, 5) is 52.7. The molecule has 67 heavy (non-hydrogen) atoms. The Morgan fingerprint density at radius 2 is 1.19 bits per heavy atom. The average Bonchev–Trinajstić information content (AvgIpc) is 3.61. The lowest BCUT2D eigenvalue weighted by molar-refractivity contribution is -0.327. The van der Waals surface area contributed by atoms with Crippen LogP contribution in [0.2, 0.25) is 0 Å². The van der Waals surface area contributed by atoms with Gasteiger partial charge in [0.25, 0.3) is 0 Å². The summed E-state index contributed by atoms with van der Waals surface area (Å²) in [5.41, 5.74) is -0.197. The van der Waals surface area contributed by atoms with E-state index < -0.39 is 179 Å². The molecular weight excluding hydrogens is 900 g/mol. The van der Waals surface area contributed by atoms with E-state index in [2.05, 4.69) is 0 Å². The van der Waals surface area contributed by atoms with E-state index in [1.807, 2.05) is 0 Å². The zero-order valence-electron chi connectivity index (χ0n) is 37.2. The van der Waals surface area contributed by atoms with Gasteiger partial charge in [-0.1, -0.05) is 19.1 Å². The van der Waals surface area contributed by atoms with Crippen molar-refractivity contribution in [3.63, 3.8) is 0 Å². The monoisotopic (exact) mass is 962 g/mol. The zero-order chi connectivity index (χ0) is 49.4. The summed E-state index contributed by atoms with van der Waals surface area (Å²) in [5, 5.41) is 112. The molecule has 0 aromatic rings. The Hall–Kier alpha value is -4.12. The largest absolute Gasteiger partial charge is 0.478 e. The molecular formula is C43H62O24. The van der Waals surface area contributed by atoms with Crippen LogP contribution in [0.25, 0.3) is 0 Å². The number of carboxylic acids is 1. The van der Waals surface area contributed by atoms with Crippen LogP contribution < -0.4 is 0 Å². The smallest absolute Gasteiger partial charge is 0.337 e. The molecule has 4 aliphatic heterocycles. The lowest BCUT2D eigenvalue weighted by Crippen LogP contribution is -2.60. The minimum absolute atomic E-state index is 0.0936. The number of carbonyl (C=O) groups excluding carboxylic acids is 3. The van der Waals surface area contributed by atoms with Crippen molar-refractivity contribution in [3.05, 3.63) is 47.0 Å². The van der Waals surface area contributed by atoms with Crippen LogP contribution in [0.15, 0.2) is 47.0 Å². The van der Waals surface area contributed by atoms with Crippen LogP contribution in [-0.4, -0.2) is 200 Å². The molecule has 2 saturated heterocycles. The van der Waals surface area contributed by atoms with E-state index in [1.165, 1.54) is 19.1 Å². The highest BCUT2D eigenvalue weighted by atomic mass is 16.8. The molecule has 0 bridgehead atoms. The van der Waals surface area contributed by atoms with Crippen LogP contribution >= 0.6 is 0 Å². The van der Waals surface area contributed by atoms with Crippen LogP contribution in [0.4, 0.5) is 0 Å². The molecule has 0 amide bonds. The van der Waals surface area contributed by atoms with E-state index in [4.69, 9.17) is 42.6 Å². The lowest BCUT2D eigenvalue weighted by Gasteiger charge is -2.42. The first-order valence-corrected chi connectivity index (χ1v) is 21.7. The maximum absolute atomic E-state index is 13.8. The second-order valence-electron chi connectivity index (χ2n) is 16.9. The number of allylic oxidation sites excluding steroid dienone is 2. The Bertz CT molecular complexity index is 1840. The summed E-state index contributed by atoms with van der Waals surface area (Å²) in [6, 6.07) is 0. The highest BCUT2D eigenvalue weighted by Gasteiger charge is 2.50. The van der Waals surface area contributed by atoms with E-state index in [0.29, 0.717) is 0 Å². The number of rotatable bonds is 18. The molecule has 0 spiro atoms. The maximum Gasteiger partial charge on any atom is 0.337 e. The number of hydrogen-bond acceptors (Lipinski definition) is 23. The molecule has 0 radical (unpaired) electrons. The van der Waals surface area contributed by atoms with Crippen molar-refractivity contribution in [2.75, 3.05) is 40.1 Å². The van der Waals surface area contributed by atoms with Crippen molar-refractivity contribution < 1.29 is 118 Å². The Morgan fingerprint density at radius 3 is 1.64 bits per heavy atom. The Balaban J connectivity index is 1.28. The Labute approximate surface area is 384 Å². The summed E-state index contributed by atoms with van der Waals surface area (Å²) >= 11 is 0. The van der Waals surface area contributed by atoms with Gasteiger partial charge in [0.2, 0.25) is 12.6 Å². The second kappa shape index (κ2) is 23.9.